The molecule has 0 fully saturated rings. The number of rotatable bonds is 3. The summed E-state index contributed by atoms with van der Waals surface area (Å²) >= 11 is 2.07. The summed E-state index contributed by atoms with van der Waals surface area (Å²) in [5.74, 6) is 0. The summed E-state index contributed by atoms with van der Waals surface area (Å²) in [7, 11) is 0. The molecule has 2 aliphatic heterocycles. The lowest BCUT2D eigenvalue weighted by molar-refractivity contribution is 0.332. The highest BCUT2D eigenvalue weighted by Crippen LogP contribution is 2.59. The van der Waals surface area contributed by atoms with E-state index in [4.69, 9.17) is 4.42 Å². The van der Waals surface area contributed by atoms with Gasteiger partial charge in [0.25, 0.3) is 0 Å². The lowest BCUT2D eigenvalue weighted by atomic mass is 9.46. The van der Waals surface area contributed by atoms with Gasteiger partial charge < -0.3 is 14.1 Å². The lowest BCUT2D eigenvalue weighted by Crippen LogP contribution is -2.60. The Hall–Kier alpha value is -6.04. The molecule has 4 heterocycles. The van der Waals surface area contributed by atoms with Crippen LogP contribution < -0.4 is 20.0 Å². The monoisotopic (exact) mass is 1140 g/mol. The molecule has 0 saturated heterocycles. The van der Waals surface area contributed by atoms with E-state index in [1.165, 1.54) is 181 Å². The number of nitrogens with zero attached hydrogens (tertiary/aromatic N) is 2. The van der Waals surface area contributed by atoms with E-state index >= 15 is 0 Å². The van der Waals surface area contributed by atoms with E-state index in [2.05, 4.69) is 251 Å². The van der Waals surface area contributed by atoms with Crippen LogP contribution in [0.4, 0.5) is 28.4 Å². The van der Waals surface area contributed by atoms with Crippen molar-refractivity contribution in [1.82, 2.24) is 0 Å². The zero-order chi connectivity index (χ0) is 60.2. The Morgan fingerprint density at radius 3 is 1.45 bits per heavy atom. The molecule has 0 radical (unpaired) electrons. The average Bonchev–Trinajstić information content (AvgIpc) is 1.80. The Kier molecular flexibility index (Phi) is 11.4. The van der Waals surface area contributed by atoms with Gasteiger partial charge in [-0.1, -0.05) is 141 Å². The van der Waals surface area contributed by atoms with Crippen molar-refractivity contribution in [3.05, 3.63) is 158 Å². The molecule has 0 bridgehead atoms. The van der Waals surface area contributed by atoms with Crippen LogP contribution in [0.3, 0.4) is 0 Å². The fourth-order valence-electron chi connectivity index (χ4n) is 17.8. The van der Waals surface area contributed by atoms with Gasteiger partial charge in [-0.25, -0.2) is 0 Å². The normalized spacial score (nSPS) is 21.0. The molecule has 5 heteroatoms. The van der Waals surface area contributed by atoms with Crippen LogP contribution >= 0.6 is 11.3 Å². The number of furan rings is 1. The van der Waals surface area contributed by atoms with Crippen molar-refractivity contribution in [2.24, 2.45) is 0 Å². The molecule has 0 atom stereocenters. The summed E-state index contributed by atoms with van der Waals surface area (Å²) in [6.07, 6.45) is 9.36. The number of aryl methyl sites for hydroxylation is 4. The van der Waals surface area contributed by atoms with E-state index in [0.717, 1.165) is 30.4 Å². The summed E-state index contributed by atoms with van der Waals surface area (Å²) in [5.41, 5.74) is 32.5. The van der Waals surface area contributed by atoms with Crippen molar-refractivity contribution in [3.8, 4) is 22.3 Å². The Morgan fingerprint density at radius 2 is 0.871 bits per heavy atom. The van der Waals surface area contributed by atoms with Gasteiger partial charge in [0.1, 0.15) is 11.2 Å². The van der Waals surface area contributed by atoms with Gasteiger partial charge in [-0.2, -0.15) is 0 Å². The van der Waals surface area contributed by atoms with Gasteiger partial charge >= 0.3 is 6.85 Å². The minimum absolute atomic E-state index is 0.0166. The first-order valence-electron chi connectivity index (χ1n) is 32.5. The molecule has 15 rings (SSSR count). The molecule has 2 aromatic heterocycles. The highest BCUT2D eigenvalue weighted by atomic mass is 32.1. The average molecular weight is 1140 g/mol. The van der Waals surface area contributed by atoms with Crippen LogP contribution in [0.2, 0.25) is 0 Å². The summed E-state index contributed by atoms with van der Waals surface area (Å²) < 4.78 is 10.2. The van der Waals surface area contributed by atoms with E-state index in [1.807, 2.05) is 0 Å². The maximum Gasteiger partial charge on any atom is 0.343 e. The van der Waals surface area contributed by atoms with E-state index in [-0.39, 0.29) is 50.2 Å². The van der Waals surface area contributed by atoms with Crippen LogP contribution in [0.15, 0.2) is 95.4 Å². The number of hydrogen-bond acceptors (Lipinski definition) is 4. The molecule has 7 aromatic carbocycles. The van der Waals surface area contributed by atoms with Crippen molar-refractivity contribution in [3.63, 3.8) is 0 Å². The highest BCUT2D eigenvalue weighted by molar-refractivity contribution is 7.32. The van der Waals surface area contributed by atoms with Gasteiger partial charge in [-0.15, -0.1) is 11.3 Å². The van der Waals surface area contributed by atoms with E-state index in [0.29, 0.717) is 0 Å². The minimum atomic E-state index is -0.136. The predicted octanol–water partition coefficient (Wildman–Crippen LogP) is 21.8. The molecule has 4 aliphatic carbocycles. The SMILES string of the molecule is Cc1cc(C)c(-c2cc3c4c(c2)N(c2cc5c(cc2C)C(C)(C)CCC5(C)C)c2c(sc5cc6c(cc25)C(C)(C)CCC6(C)C)B4N(c2ccc4c(c2)C(C)(C)CCC4(C)C)c2cc4c(cc2-3)oc2cc3c(cc24)C(C)(C)CCC3(C)C)c(C)c1. The summed E-state index contributed by atoms with van der Waals surface area (Å²) in [6, 6.07) is 38.4. The van der Waals surface area contributed by atoms with Crippen LogP contribution in [0.1, 0.15) is 229 Å². The van der Waals surface area contributed by atoms with Crippen LogP contribution in [-0.2, 0) is 43.3 Å². The maximum atomic E-state index is 7.34. The molecule has 0 spiro atoms. The van der Waals surface area contributed by atoms with Crippen molar-refractivity contribution in [2.45, 2.75) is 233 Å². The van der Waals surface area contributed by atoms with Gasteiger partial charge in [0.2, 0.25) is 0 Å². The predicted molar refractivity (Wildman–Crippen MR) is 368 cm³/mol. The fraction of sp³-hybridized carbons (Fsp3) is 0.450. The Morgan fingerprint density at radius 1 is 0.400 bits per heavy atom. The summed E-state index contributed by atoms with van der Waals surface area (Å²) in [5, 5.41) is 3.81. The van der Waals surface area contributed by atoms with Crippen LogP contribution in [-0.4, -0.2) is 6.85 Å². The molecule has 85 heavy (non-hydrogen) atoms. The van der Waals surface area contributed by atoms with Gasteiger partial charge in [0.05, 0.1) is 5.69 Å². The van der Waals surface area contributed by atoms with E-state index < -0.39 is 0 Å². The first-order chi connectivity index (χ1) is 39.7. The molecule has 0 N–H and O–H groups in total. The zero-order valence-corrected chi connectivity index (χ0v) is 55.9. The minimum Gasteiger partial charge on any atom is -0.456 e. The van der Waals surface area contributed by atoms with Gasteiger partial charge in [0, 0.05) is 53.9 Å². The topological polar surface area (TPSA) is 19.6 Å². The maximum absolute atomic E-state index is 7.34. The Bertz CT molecular complexity index is 4420. The number of anilines is 5. The lowest BCUT2D eigenvalue weighted by Gasteiger charge is -2.47. The highest BCUT2D eigenvalue weighted by Gasteiger charge is 2.51. The zero-order valence-electron chi connectivity index (χ0n) is 55.1. The van der Waals surface area contributed by atoms with Gasteiger partial charge in [-0.3, -0.25) is 0 Å². The summed E-state index contributed by atoms with van der Waals surface area (Å²) in [4.78, 5) is 5.66. The van der Waals surface area contributed by atoms with Gasteiger partial charge in [0.15, 0.2) is 0 Å². The Balaban J connectivity index is 1.13. The molecular formula is C80H91BN2OS. The van der Waals surface area contributed by atoms with Crippen LogP contribution in [0, 0.1) is 27.7 Å². The standard InChI is InChI=1S/C80H91BN2OS/c1-44-31-46(3)69(47(4)32-44)48-34-53-50-40-66-52(51-37-58-61(42-67(51)84-66)79(17,18)29-26-76(58,11)12)39-64(50)83(49-21-22-55-57(36-49)75(9,10)24-23-73(55,5)6)81-70(53)65(35-48)82(63-41-60-56(33-45(63)2)74(7,8)25-28-78(60,15)16)71-54-38-59-62(43-68(54)85-72(71)81)80(19,20)30-27-77(59,13)14/h21-22,31-43H,23-30H2,1-20H3. The molecule has 0 unspecified atom stereocenters. The van der Waals surface area contributed by atoms with Crippen molar-refractivity contribution < 1.29 is 4.42 Å². The first-order valence-corrected chi connectivity index (χ1v) is 33.3. The van der Waals surface area contributed by atoms with Crippen molar-refractivity contribution >= 4 is 88.9 Å². The second kappa shape index (κ2) is 17.4. The number of thiophene rings is 1. The molecule has 6 aliphatic rings. The Labute approximate surface area is 513 Å². The molecule has 9 aromatic rings. The second-order valence-electron chi connectivity index (χ2n) is 33.4. The summed E-state index contributed by atoms with van der Waals surface area (Å²) in [6.45, 7) is 49.0. The molecule has 436 valence electrons. The van der Waals surface area contributed by atoms with Crippen LogP contribution in [0.5, 0.6) is 0 Å². The fourth-order valence-corrected chi connectivity index (χ4v) is 19.1. The molecule has 0 amide bonds. The third-order valence-corrected chi connectivity index (χ3v) is 24.9. The molecule has 0 saturated carbocycles. The largest absolute Gasteiger partial charge is 0.456 e. The van der Waals surface area contributed by atoms with Gasteiger partial charge in [-0.05, 0) is 272 Å². The number of fused-ring (bicyclic) bond motifs is 13. The third-order valence-electron chi connectivity index (χ3n) is 23.7. The van der Waals surface area contributed by atoms with Crippen molar-refractivity contribution in [1.29, 1.82) is 0 Å². The first kappa shape index (κ1) is 55.5. The van der Waals surface area contributed by atoms with E-state index in [9.17, 15) is 0 Å². The second-order valence-corrected chi connectivity index (χ2v) is 34.5. The molecular weight excluding hydrogens is 1050 g/mol. The molecule has 3 nitrogen and oxygen atoms in total. The third kappa shape index (κ3) is 7.88. The smallest absolute Gasteiger partial charge is 0.343 e. The number of hydrogen-bond donors (Lipinski definition) is 0. The van der Waals surface area contributed by atoms with E-state index in [1.54, 1.807) is 0 Å². The quantitative estimate of drug-likeness (QED) is 0.164. The van der Waals surface area contributed by atoms with Crippen molar-refractivity contribution in [2.75, 3.05) is 9.71 Å². The van der Waals surface area contributed by atoms with Crippen LogP contribution in [0.25, 0.3) is 54.3 Å². The number of benzene rings is 7.